The van der Waals surface area contributed by atoms with Crippen LogP contribution in [-0.4, -0.2) is 0 Å². The molecule has 60 valence electrons. The lowest BCUT2D eigenvalue weighted by molar-refractivity contribution is 1.40. The number of hydrogen-bond donors (Lipinski definition) is 1. The number of aryl methyl sites for hydroxylation is 1. The number of rotatable bonds is 2. The van der Waals surface area contributed by atoms with E-state index in [1.165, 1.54) is 0 Å². The largest absolute Gasteiger partial charge is 0.362 e. The van der Waals surface area contributed by atoms with Crippen molar-refractivity contribution >= 4 is 5.69 Å². The predicted molar refractivity (Wildman–Crippen MR) is 49.7 cm³/mol. The quantitative estimate of drug-likeness (QED) is 0.717. The van der Waals surface area contributed by atoms with Gasteiger partial charge < -0.3 is 5.32 Å². The Labute approximate surface area is 72.1 Å². The second-order valence-electron chi connectivity index (χ2n) is 2.49. The molecule has 0 radical (unpaired) electrons. The summed E-state index contributed by atoms with van der Waals surface area (Å²) in [5.41, 5.74) is 2.72. The van der Waals surface area contributed by atoms with Crippen LogP contribution in [0.1, 0.15) is 11.1 Å². The Morgan fingerprint density at radius 2 is 2.33 bits per heavy atom. The van der Waals surface area contributed by atoms with Crippen LogP contribution in [0, 0.1) is 18.3 Å². The van der Waals surface area contributed by atoms with E-state index in [4.69, 9.17) is 5.26 Å². The topological polar surface area (TPSA) is 35.8 Å². The Morgan fingerprint density at radius 3 is 2.83 bits per heavy atom. The molecule has 2 nitrogen and oxygen atoms in total. The highest BCUT2D eigenvalue weighted by atomic mass is 14.8. The van der Waals surface area contributed by atoms with Gasteiger partial charge in [0.1, 0.15) is 0 Å². The molecule has 0 aromatic heterocycles. The van der Waals surface area contributed by atoms with Crippen molar-refractivity contribution in [2.45, 2.75) is 6.92 Å². The summed E-state index contributed by atoms with van der Waals surface area (Å²) in [5.74, 6) is 0. The molecule has 0 saturated carbocycles. The highest BCUT2D eigenvalue weighted by molar-refractivity contribution is 5.55. The fraction of sp³-hybridized carbons (Fsp3) is 0.100. The van der Waals surface area contributed by atoms with Crippen LogP contribution in [0.4, 0.5) is 5.69 Å². The van der Waals surface area contributed by atoms with Crippen LogP contribution >= 0.6 is 0 Å². The summed E-state index contributed by atoms with van der Waals surface area (Å²) in [6, 6.07) is 7.57. The van der Waals surface area contributed by atoms with Crippen LogP contribution in [0.5, 0.6) is 0 Å². The van der Waals surface area contributed by atoms with Crippen molar-refractivity contribution in [1.29, 1.82) is 5.26 Å². The molecule has 1 aromatic carbocycles. The monoisotopic (exact) mass is 158 g/mol. The van der Waals surface area contributed by atoms with Crippen molar-refractivity contribution < 1.29 is 0 Å². The summed E-state index contributed by atoms with van der Waals surface area (Å²) in [4.78, 5) is 0. The Hall–Kier alpha value is -1.75. The summed E-state index contributed by atoms with van der Waals surface area (Å²) in [6.07, 6.45) is 1.62. The van der Waals surface area contributed by atoms with Crippen LogP contribution in [-0.2, 0) is 0 Å². The van der Waals surface area contributed by atoms with Crippen LogP contribution in [0.3, 0.4) is 0 Å². The minimum Gasteiger partial charge on any atom is -0.362 e. The summed E-state index contributed by atoms with van der Waals surface area (Å²) in [5, 5.41) is 11.6. The fourth-order valence-corrected chi connectivity index (χ4v) is 1.01. The smallest absolute Gasteiger partial charge is 0.0991 e. The maximum absolute atomic E-state index is 8.59. The van der Waals surface area contributed by atoms with Crippen molar-refractivity contribution in [3.63, 3.8) is 0 Å². The maximum Gasteiger partial charge on any atom is 0.0991 e. The first-order valence-corrected chi connectivity index (χ1v) is 3.66. The molecule has 0 aliphatic heterocycles. The number of nitrogens with one attached hydrogen (secondary N) is 1. The Kier molecular flexibility index (Phi) is 2.49. The van der Waals surface area contributed by atoms with Crippen molar-refractivity contribution in [2.24, 2.45) is 0 Å². The highest BCUT2D eigenvalue weighted by Gasteiger charge is 1.96. The van der Waals surface area contributed by atoms with Gasteiger partial charge in [0.15, 0.2) is 0 Å². The summed E-state index contributed by atoms with van der Waals surface area (Å²) in [7, 11) is 0. The van der Waals surface area contributed by atoms with Crippen LogP contribution in [0.15, 0.2) is 31.0 Å². The normalized spacial score (nSPS) is 8.67. The van der Waals surface area contributed by atoms with E-state index in [0.29, 0.717) is 5.56 Å². The lowest BCUT2D eigenvalue weighted by atomic mass is 10.1. The Bertz CT molecular complexity index is 334. The standard InChI is InChI=1S/C10H10N2/c1-3-12-10-5-4-9(7-11)6-8(10)2/h3-6,12H,1H2,2H3. The van der Waals surface area contributed by atoms with Gasteiger partial charge in [-0.2, -0.15) is 5.26 Å². The highest BCUT2D eigenvalue weighted by Crippen LogP contribution is 2.15. The molecule has 2 heteroatoms. The van der Waals surface area contributed by atoms with E-state index in [9.17, 15) is 0 Å². The molecular formula is C10H10N2. The molecule has 0 heterocycles. The van der Waals surface area contributed by atoms with E-state index in [0.717, 1.165) is 11.3 Å². The molecule has 0 aliphatic carbocycles. The second kappa shape index (κ2) is 3.59. The average molecular weight is 158 g/mol. The first kappa shape index (κ1) is 8.35. The molecule has 0 saturated heterocycles. The predicted octanol–water partition coefficient (Wildman–Crippen LogP) is 2.42. The van der Waals surface area contributed by atoms with E-state index >= 15 is 0 Å². The number of nitrogens with zero attached hydrogens (tertiary/aromatic N) is 1. The van der Waals surface area contributed by atoms with Gasteiger partial charge >= 0.3 is 0 Å². The molecule has 0 amide bonds. The molecule has 0 spiro atoms. The maximum atomic E-state index is 8.59. The van der Waals surface area contributed by atoms with Gasteiger partial charge in [-0.25, -0.2) is 0 Å². The third-order valence-electron chi connectivity index (χ3n) is 1.61. The molecule has 0 unspecified atom stereocenters. The van der Waals surface area contributed by atoms with E-state index in [1.807, 2.05) is 19.1 Å². The average Bonchev–Trinajstić information content (AvgIpc) is 2.09. The van der Waals surface area contributed by atoms with Crippen LogP contribution < -0.4 is 5.32 Å². The van der Waals surface area contributed by atoms with E-state index < -0.39 is 0 Å². The first-order valence-electron chi connectivity index (χ1n) is 3.66. The molecule has 12 heavy (non-hydrogen) atoms. The first-order chi connectivity index (χ1) is 5.77. The number of nitriles is 1. The van der Waals surface area contributed by atoms with E-state index in [-0.39, 0.29) is 0 Å². The number of hydrogen-bond acceptors (Lipinski definition) is 2. The van der Waals surface area contributed by atoms with Gasteiger partial charge in [0.2, 0.25) is 0 Å². The van der Waals surface area contributed by atoms with Gasteiger partial charge in [-0.3, -0.25) is 0 Å². The van der Waals surface area contributed by atoms with Crippen molar-refractivity contribution in [3.05, 3.63) is 42.1 Å². The SMILES string of the molecule is C=CNc1ccc(C#N)cc1C. The molecule has 1 rings (SSSR count). The van der Waals surface area contributed by atoms with E-state index in [1.54, 1.807) is 12.3 Å². The third-order valence-corrected chi connectivity index (χ3v) is 1.61. The number of anilines is 1. The molecule has 0 atom stereocenters. The van der Waals surface area contributed by atoms with E-state index in [2.05, 4.69) is 18.0 Å². The van der Waals surface area contributed by atoms with Crippen molar-refractivity contribution in [3.8, 4) is 6.07 Å². The van der Waals surface area contributed by atoms with Gasteiger partial charge in [-0.15, -0.1) is 0 Å². The number of benzene rings is 1. The van der Waals surface area contributed by atoms with Crippen molar-refractivity contribution in [1.82, 2.24) is 0 Å². The van der Waals surface area contributed by atoms with Crippen molar-refractivity contribution in [2.75, 3.05) is 5.32 Å². The minimum atomic E-state index is 0.683. The van der Waals surface area contributed by atoms with Gasteiger partial charge in [0.25, 0.3) is 0 Å². The second-order valence-corrected chi connectivity index (χ2v) is 2.49. The summed E-state index contributed by atoms with van der Waals surface area (Å²) >= 11 is 0. The zero-order chi connectivity index (χ0) is 8.97. The molecule has 1 N–H and O–H groups in total. The van der Waals surface area contributed by atoms with Gasteiger partial charge in [0, 0.05) is 5.69 Å². The van der Waals surface area contributed by atoms with Gasteiger partial charge in [0.05, 0.1) is 11.6 Å². The van der Waals surface area contributed by atoms with Gasteiger partial charge in [-0.05, 0) is 36.9 Å². The molecular weight excluding hydrogens is 148 g/mol. The zero-order valence-electron chi connectivity index (χ0n) is 6.96. The lowest BCUT2D eigenvalue weighted by Gasteiger charge is -2.04. The third kappa shape index (κ3) is 1.64. The fourth-order valence-electron chi connectivity index (χ4n) is 1.01. The summed E-state index contributed by atoms with van der Waals surface area (Å²) in [6.45, 7) is 5.51. The Morgan fingerprint density at radius 1 is 1.58 bits per heavy atom. The molecule has 0 bridgehead atoms. The molecule has 0 fully saturated rings. The molecule has 0 aliphatic rings. The minimum absolute atomic E-state index is 0.683. The van der Waals surface area contributed by atoms with Crippen LogP contribution in [0.25, 0.3) is 0 Å². The molecule has 1 aromatic rings. The Balaban J connectivity index is 3.04. The van der Waals surface area contributed by atoms with Crippen LogP contribution in [0.2, 0.25) is 0 Å². The lowest BCUT2D eigenvalue weighted by Crippen LogP contribution is -1.90. The zero-order valence-corrected chi connectivity index (χ0v) is 6.96. The summed E-state index contributed by atoms with van der Waals surface area (Å²) < 4.78 is 0. The van der Waals surface area contributed by atoms with Gasteiger partial charge in [-0.1, -0.05) is 6.58 Å².